The van der Waals surface area contributed by atoms with Crippen LogP contribution in [0.5, 0.6) is 0 Å². The number of nitrogens with one attached hydrogen (secondary N) is 2. The predicted octanol–water partition coefficient (Wildman–Crippen LogP) is 3.16. The minimum atomic E-state index is 0.449. The zero-order valence-corrected chi connectivity index (χ0v) is 13.8. The molecule has 5 nitrogen and oxygen atoms in total. The van der Waals surface area contributed by atoms with Gasteiger partial charge in [0, 0.05) is 36.6 Å². The highest BCUT2D eigenvalue weighted by molar-refractivity contribution is 5.61. The molecule has 1 fully saturated rings. The number of H-pyrrole nitrogens is 1. The molecule has 0 spiro atoms. The van der Waals surface area contributed by atoms with E-state index < -0.39 is 0 Å². The van der Waals surface area contributed by atoms with Crippen molar-refractivity contribution < 1.29 is 4.74 Å². The first kappa shape index (κ1) is 16.1. The number of rotatable bonds is 7. The summed E-state index contributed by atoms with van der Waals surface area (Å²) in [6.45, 7) is 4.73. The Morgan fingerprint density at radius 2 is 2.22 bits per heavy atom. The molecule has 2 heterocycles. The van der Waals surface area contributed by atoms with Crippen molar-refractivity contribution in [1.29, 1.82) is 0 Å². The Labute approximate surface area is 137 Å². The van der Waals surface area contributed by atoms with E-state index >= 15 is 0 Å². The van der Waals surface area contributed by atoms with Crippen molar-refractivity contribution in [2.75, 3.05) is 13.2 Å². The molecule has 1 saturated carbocycles. The van der Waals surface area contributed by atoms with Gasteiger partial charge in [-0.25, -0.2) is 0 Å². The molecule has 2 aromatic heterocycles. The van der Waals surface area contributed by atoms with Crippen LogP contribution in [-0.4, -0.2) is 34.4 Å². The molecular weight excluding hydrogens is 288 g/mol. The van der Waals surface area contributed by atoms with Gasteiger partial charge in [-0.05, 0) is 30.9 Å². The van der Waals surface area contributed by atoms with Crippen LogP contribution in [0.25, 0.3) is 11.3 Å². The van der Waals surface area contributed by atoms with Crippen LogP contribution in [-0.2, 0) is 11.3 Å². The lowest BCUT2D eigenvalue weighted by molar-refractivity contribution is -0.00322. The van der Waals surface area contributed by atoms with Crippen molar-refractivity contribution >= 4 is 0 Å². The number of hydrogen-bond acceptors (Lipinski definition) is 4. The topological polar surface area (TPSA) is 62.8 Å². The average molecular weight is 314 g/mol. The molecule has 23 heavy (non-hydrogen) atoms. The third kappa shape index (κ3) is 4.39. The minimum Gasteiger partial charge on any atom is -0.377 e. The van der Waals surface area contributed by atoms with Crippen LogP contribution in [0.1, 0.15) is 38.2 Å². The Hall–Kier alpha value is -1.72. The van der Waals surface area contributed by atoms with Crippen molar-refractivity contribution in [2.24, 2.45) is 5.92 Å². The molecule has 0 aromatic carbocycles. The number of aromatic amines is 1. The Morgan fingerprint density at radius 1 is 1.30 bits per heavy atom. The van der Waals surface area contributed by atoms with Gasteiger partial charge in [-0.3, -0.25) is 10.1 Å². The molecule has 1 aliphatic rings. The van der Waals surface area contributed by atoms with Crippen LogP contribution < -0.4 is 5.32 Å². The summed E-state index contributed by atoms with van der Waals surface area (Å²) < 4.78 is 6.03. The first-order chi connectivity index (χ1) is 11.3. The van der Waals surface area contributed by atoms with Gasteiger partial charge in [0.1, 0.15) is 0 Å². The van der Waals surface area contributed by atoms with Crippen molar-refractivity contribution in [3.8, 4) is 11.3 Å². The summed E-state index contributed by atoms with van der Waals surface area (Å²) in [4.78, 5) is 4.16. The molecule has 1 aliphatic carbocycles. The van der Waals surface area contributed by atoms with Gasteiger partial charge in [0.05, 0.1) is 24.6 Å². The second kappa shape index (κ2) is 8.22. The molecular formula is C18H26N4O. The molecule has 3 rings (SSSR count). The second-order valence-electron chi connectivity index (χ2n) is 6.36. The van der Waals surface area contributed by atoms with Crippen LogP contribution in [0.2, 0.25) is 0 Å². The zero-order valence-electron chi connectivity index (χ0n) is 13.8. The van der Waals surface area contributed by atoms with Gasteiger partial charge in [-0.15, -0.1) is 0 Å². The third-order valence-corrected chi connectivity index (χ3v) is 4.63. The van der Waals surface area contributed by atoms with E-state index in [1.165, 1.54) is 25.7 Å². The molecule has 0 aliphatic heterocycles. The van der Waals surface area contributed by atoms with E-state index in [9.17, 15) is 0 Å². The van der Waals surface area contributed by atoms with E-state index in [0.29, 0.717) is 12.0 Å². The quantitative estimate of drug-likeness (QED) is 0.771. The van der Waals surface area contributed by atoms with Crippen LogP contribution >= 0.6 is 0 Å². The number of nitrogens with zero attached hydrogens (tertiary/aromatic N) is 2. The lowest BCUT2D eigenvalue weighted by Gasteiger charge is -2.28. The maximum atomic E-state index is 6.03. The van der Waals surface area contributed by atoms with Gasteiger partial charge < -0.3 is 10.1 Å². The number of hydrogen-bond donors (Lipinski definition) is 2. The van der Waals surface area contributed by atoms with Crippen LogP contribution in [0.15, 0.2) is 30.7 Å². The Balaban J connectivity index is 1.42. The maximum Gasteiger partial charge on any atom is 0.0710 e. The van der Waals surface area contributed by atoms with Gasteiger partial charge in [0.15, 0.2) is 0 Å². The van der Waals surface area contributed by atoms with Crippen molar-refractivity contribution in [2.45, 2.75) is 45.3 Å². The minimum absolute atomic E-state index is 0.449. The summed E-state index contributed by atoms with van der Waals surface area (Å²) in [7, 11) is 0. The molecule has 124 valence electrons. The smallest absolute Gasteiger partial charge is 0.0710 e. The third-order valence-electron chi connectivity index (χ3n) is 4.63. The van der Waals surface area contributed by atoms with Gasteiger partial charge in [-0.2, -0.15) is 5.10 Å². The van der Waals surface area contributed by atoms with Gasteiger partial charge in [0.25, 0.3) is 0 Å². The first-order valence-corrected chi connectivity index (χ1v) is 8.59. The van der Waals surface area contributed by atoms with Gasteiger partial charge >= 0.3 is 0 Å². The predicted molar refractivity (Wildman–Crippen MR) is 90.9 cm³/mol. The number of pyridine rings is 1. The summed E-state index contributed by atoms with van der Waals surface area (Å²) >= 11 is 0. The summed E-state index contributed by atoms with van der Waals surface area (Å²) in [6, 6.07) is 3.98. The van der Waals surface area contributed by atoms with Crippen molar-refractivity contribution in [3.05, 3.63) is 36.3 Å². The monoisotopic (exact) mass is 314 g/mol. The first-order valence-electron chi connectivity index (χ1n) is 8.59. The van der Waals surface area contributed by atoms with E-state index in [1.807, 2.05) is 24.5 Å². The average Bonchev–Trinajstić information content (AvgIpc) is 3.05. The van der Waals surface area contributed by atoms with Crippen LogP contribution in [0.4, 0.5) is 0 Å². The molecule has 0 bridgehead atoms. The highest BCUT2D eigenvalue weighted by atomic mass is 16.5. The molecule has 2 atom stereocenters. The Bertz CT molecular complexity index is 584. The van der Waals surface area contributed by atoms with E-state index in [4.69, 9.17) is 4.74 Å². The molecule has 0 saturated heterocycles. The normalized spacial score (nSPS) is 21.4. The molecule has 0 amide bonds. The van der Waals surface area contributed by atoms with Crippen molar-refractivity contribution in [1.82, 2.24) is 20.5 Å². The fraction of sp³-hybridized carbons (Fsp3) is 0.556. The van der Waals surface area contributed by atoms with E-state index in [1.54, 1.807) is 6.20 Å². The van der Waals surface area contributed by atoms with Gasteiger partial charge in [0.2, 0.25) is 0 Å². The van der Waals surface area contributed by atoms with Gasteiger partial charge in [-0.1, -0.05) is 19.8 Å². The van der Waals surface area contributed by atoms with E-state index in [-0.39, 0.29) is 0 Å². The number of ether oxygens (including phenoxy) is 1. The van der Waals surface area contributed by atoms with E-state index in [0.717, 1.165) is 36.5 Å². The van der Waals surface area contributed by atoms with Crippen molar-refractivity contribution in [3.63, 3.8) is 0 Å². The summed E-state index contributed by atoms with van der Waals surface area (Å²) in [5.41, 5.74) is 3.26. The van der Waals surface area contributed by atoms with E-state index in [2.05, 4.69) is 27.4 Å². The fourth-order valence-electron chi connectivity index (χ4n) is 3.24. The molecule has 2 unspecified atom stereocenters. The molecule has 2 aromatic rings. The van der Waals surface area contributed by atoms with Crippen LogP contribution in [0, 0.1) is 5.92 Å². The standard InChI is InChI=1S/C18H26N4O/c1-14-5-2-3-7-17(14)23-10-9-20-12-16-13-21-22-18(16)15-6-4-8-19-11-15/h4,6,8,11,13-14,17,20H,2-3,5,7,9-10,12H2,1H3,(H,21,22). The Morgan fingerprint density at radius 3 is 3.04 bits per heavy atom. The molecule has 0 radical (unpaired) electrons. The number of aromatic nitrogens is 3. The zero-order chi connectivity index (χ0) is 15.9. The summed E-state index contributed by atoms with van der Waals surface area (Å²) in [6.07, 6.45) is 11.1. The lowest BCUT2D eigenvalue weighted by Crippen LogP contribution is -2.29. The second-order valence-corrected chi connectivity index (χ2v) is 6.36. The highest BCUT2D eigenvalue weighted by Gasteiger charge is 2.21. The summed E-state index contributed by atoms with van der Waals surface area (Å²) in [5.74, 6) is 0.704. The largest absolute Gasteiger partial charge is 0.377 e. The Kier molecular flexibility index (Phi) is 5.77. The van der Waals surface area contributed by atoms with Crippen LogP contribution in [0.3, 0.4) is 0 Å². The lowest BCUT2D eigenvalue weighted by atomic mass is 9.88. The molecule has 2 N–H and O–H groups in total. The maximum absolute atomic E-state index is 6.03. The summed E-state index contributed by atoms with van der Waals surface area (Å²) in [5, 5.41) is 10.7. The highest BCUT2D eigenvalue weighted by Crippen LogP contribution is 2.26. The molecule has 5 heteroatoms. The SMILES string of the molecule is CC1CCCCC1OCCNCc1cn[nH]c1-c1cccnc1. The fourth-order valence-corrected chi connectivity index (χ4v) is 3.24.